The standard InChI is InChI=1S/C10H11F2NO2/c1-7(14)9-4-3-8(5-13-9)15-6-10(2,11)12/h3-5H,6H2,1-2H3. The molecule has 0 N–H and O–H groups in total. The third kappa shape index (κ3) is 4.01. The third-order valence-corrected chi connectivity index (χ3v) is 1.59. The average molecular weight is 215 g/mol. The van der Waals surface area contributed by atoms with Gasteiger partial charge in [-0.1, -0.05) is 0 Å². The van der Waals surface area contributed by atoms with Crippen molar-refractivity contribution in [3.05, 3.63) is 24.0 Å². The lowest BCUT2D eigenvalue weighted by Crippen LogP contribution is -2.20. The van der Waals surface area contributed by atoms with Gasteiger partial charge in [0, 0.05) is 13.8 Å². The molecule has 3 nitrogen and oxygen atoms in total. The third-order valence-electron chi connectivity index (χ3n) is 1.59. The maximum absolute atomic E-state index is 12.4. The highest BCUT2D eigenvalue weighted by Gasteiger charge is 2.21. The molecule has 0 bridgehead atoms. The van der Waals surface area contributed by atoms with Crippen LogP contribution >= 0.6 is 0 Å². The largest absolute Gasteiger partial charge is 0.486 e. The van der Waals surface area contributed by atoms with Gasteiger partial charge in [0.1, 0.15) is 11.4 Å². The number of halogens is 2. The summed E-state index contributed by atoms with van der Waals surface area (Å²) in [5.41, 5.74) is 0.283. The van der Waals surface area contributed by atoms with Crippen molar-refractivity contribution in [2.45, 2.75) is 19.8 Å². The van der Waals surface area contributed by atoms with Crippen molar-refractivity contribution in [2.24, 2.45) is 0 Å². The van der Waals surface area contributed by atoms with E-state index in [-0.39, 0.29) is 17.2 Å². The lowest BCUT2D eigenvalue weighted by Gasteiger charge is -2.11. The molecule has 0 aliphatic carbocycles. The summed E-state index contributed by atoms with van der Waals surface area (Å²) < 4.78 is 29.6. The Kier molecular flexibility index (Phi) is 3.34. The number of carbonyl (C=O) groups excluding carboxylic acids is 1. The van der Waals surface area contributed by atoms with Gasteiger partial charge in [-0.25, -0.2) is 13.8 Å². The van der Waals surface area contributed by atoms with E-state index in [0.717, 1.165) is 6.92 Å². The summed E-state index contributed by atoms with van der Waals surface area (Å²) in [6.45, 7) is 1.45. The first-order valence-corrected chi connectivity index (χ1v) is 4.36. The number of aromatic nitrogens is 1. The number of pyridine rings is 1. The van der Waals surface area contributed by atoms with Crippen LogP contribution in [0.25, 0.3) is 0 Å². The van der Waals surface area contributed by atoms with Gasteiger partial charge in [0.15, 0.2) is 12.4 Å². The van der Waals surface area contributed by atoms with Crippen LogP contribution in [0.1, 0.15) is 24.3 Å². The van der Waals surface area contributed by atoms with Gasteiger partial charge < -0.3 is 4.74 Å². The summed E-state index contributed by atoms with van der Waals surface area (Å²) in [6, 6.07) is 2.88. The lowest BCUT2D eigenvalue weighted by atomic mass is 10.3. The first-order chi connectivity index (χ1) is 6.88. The zero-order chi connectivity index (χ0) is 11.5. The van der Waals surface area contributed by atoms with E-state index in [1.54, 1.807) is 0 Å². The Bertz CT molecular complexity index is 343. The molecule has 0 unspecified atom stereocenters. The molecule has 0 fully saturated rings. The van der Waals surface area contributed by atoms with Crippen molar-refractivity contribution in [1.29, 1.82) is 0 Å². The minimum Gasteiger partial charge on any atom is -0.486 e. The minimum atomic E-state index is -2.88. The summed E-state index contributed by atoms with van der Waals surface area (Å²) >= 11 is 0. The number of hydrogen-bond acceptors (Lipinski definition) is 3. The number of Topliss-reactive ketones (excluding diaryl/α,β-unsaturated/α-hetero) is 1. The molecule has 0 aliphatic rings. The molecule has 1 aromatic heterocycles. The van der Waals surface area contributed by atoms with Crippen LogP contribution in [0.2, 0.25) is 0 Å². The summed E-state index contributed by atoms with van der Waals surface area (Å²) in [7, 11) is 0. The molecular formula is C10H11F2NO2. The van der Waals surface area contributed by atoms with Gasteiger partial charge >= 0.3 is 0 Å². The van der Waals surface area contributed by atoms with Crippen LogP contribution in [0.5, 0.6) is 5.75 Å². The van der Waals surface area contributed by atoms with E-state index in [4.69, 9.17) is 4.74 Å². The van der Waals surface area contributed by atoms with Crippen molar-refractivity contribution in [2.75, 3.05) is 6.61 Å². The molecule has 0 aromatic carbocycles. The van der Waals surface area contributed by atoms with Gasteiger partial charge in [0.2, 0.25) is 0 Å². The second kappa shape index (κ2) is 4.33. The number of hydrogen-bond donors (Lipinski definition) is 0. The van der Waals surface area contributed by atoms with Crippen LogP contribution in [-0.2, 0) is 0 Å². The van der Waals surface area contributed by atoms with Gasteiger partial charge in [-0.15, -0.1) is 0 Å². The van der Waals surface area contributed by atoms with E-state index in [0.29, 0.717) is 0 Å². The van der Waals surface area contributed by atoms with Crippen LogP contribution in [0.15, 0.2) is 18.3 Å². The summed E-state index contributed by atoms with van der Waals surface area (Å²) in [6.07, 6.45) is 1.25. The number of ether oxygens (including phenoxy) is 1. The number of nitrogens with zero attached hydrogens (tertiary/aromatic N) is 1. The highest BCUT2D eigenvalue weighted by atomic mass is 19.3. The molecule has 15 heavy (non-hydrogen) atoms. The van der Waals surface area contributed by atoms with Crippen molar-refractivity contribution in [1.82, 2.24) is 4.98 Å². The molecule has 82 valence electrons. The average Bonchev–Trinajstić information content (AvgIpc) is 2.14. The van der Waals surface area contributed by atoms with Gasteiger partial charge in [-0.05, 0) is 12.1 Å². The maximum atomic E-state index is 12.4. The molecule has 0 amide bonds. The molecule has 1 heterocycles. The second-order valence-electron chi connectivity index (χ2n) is 3.29. The second-order valence-corrected chi connectivity index (χ2v) is 3.29. The van der Waals surface area contributed by atoms with E-state index in [9.17, 15) is 13.6 Å². The highest BCUT2D eigenvalue weighted by Crippen LogP contribution is 2.15. The molecule has 1 rings (SSSR count). The Hall–Kier alpha value is -1.52. The predicted octanol–water partition coefficient (Wildman–Crippen LogP) is 2.32. The molecule has 0 radical (unpaired) electrons. The van der Waals surface area contributed by atoms with Gasteiger partial charge in [0.25, 0.3) is 5.92 Å². The van der Waals surface area contributed by atoms with E-state index in [1.807, 2.05) is 0 Å². The van der Waals surface area contributed by atoms with E-state index >= 15 is 0 Å². The fourth-order valence-corrected chi connectivity index (χ4v) is 0.884. The predicted molar refractivity (Wildman–Crippen MR) is 50.4 cm³/mol. The van der Waals surface area contributed by atoms with Crippen LogP contribution in [-0.4, -0.2) is 23.3 Å². The van der Waals surface area contributed by atoms with Crippen molar-refractivity contribution in [3.63, 3.8) is 0 Å². The fraction of sp³-hybridized carbons (Fsp3) is 0.400. The van der Waals surface area contributed by atoms with E-state index in [2.05, 4.69) is 4.98 Å². The van der Waals surface area contributed by atoms with Crippen LogP contribution in [0.4, 0.5) is 8.78 Å². The zero-order valence-electron chi connectivity index (χ0n) is 8.46. The van der Waals surface area contributed by atoms with Crippen molar-refractivity contribution < 1.29 is 18.3 Å². The van der Waals surface area contributed by atoms with E-state index in [1.165, 1.54) is 25.3 Å². The number of alkyl halides is 2. The summed E-state index contributed by atoms with van der Waals surface area (Å²) in [4.78, 5) is 14.6. The topological polar surface area (TPSA) is 39.2 Å². The summed E-state index contributed by atoms with van der Waals surface area (Å²) in [5, 5.41) is 0. The zero-order valence-corrected chi connectivity index (χ0v) is 8.46. The van der Waals surface area contributed by atoms with Crippen LogP contribution < -0.4 is 4.74 Å². The summed E-state index contributed by atoms with van der Waals surface area (Å²) in [5.74, 6) is -2.83. The fourth-order valence-electron chi connectivity index (χ4n) is 0.884. The molecule has 0 spiro atoms. The number of ketones is 1. The van der Waals surface area contributed by atoms with Gasteiger partial charge in [-0.2, -0.15) is 0 Å². The quantitative estimate of drug-likeness (QED) is 0.723. The monoisotopic (exact) mass is 215 g/mol. The molecule has 0 atom stereocenters. The van der Waals surface area contributed by atoms with E-state index < -0.39 is 12.5 Å². The first-order valence-electron chi connectivity index (χ1n) is 4.36. The van der Waals surface area contributed by atoms with Crippen LogP contribution in [0.3, 0.4) is 0 Å². The SMILES string of the molecule is CC(=O)c1ccc(OCC(C)(F)F)cn1. The van der Waals surface area contributed by atoms with Crippen molar-refractivity contribution >= 4 is 5.78 Å². The van der Waals surface area contributed by atoms with Gasteiger partial charge in [-0.3, -0.25) is 4.79 Å². The maximum Gasteiger partial charge on any atom is 0.278 e. The lowest BCUT2D eigenvalue weighted by molar-refractivity contribution is -0.0230. The van der Waals surface area contributed by atoms with Crippen LogP contribution in [0, 0.1) is 0 Å². The smallest absolute Gasteiger partial charge is 0.278 e. The molecule has 0 saturated carbocycles. The number of rotatable bonds is 4. The van der Waals surface area contributed by atoms with Crippen molar-refractivity contribution in [3.8, 4) is 5.75 Å². The molecular weight excluding hydrogens is 204 g/mol. The number of carbonyl (C=O) groups is 1. The molecule has 0 aliphatic heterocycles. The Labute approximate surface area is 86.1 Å². The Morgan fingerprint density at radius 1 is 1.53 bits per heavy atom. The van der Waals surface area contributed by atoms with Gasteiger partial charge in [0.05, 0.1) is 6.20 Å². The normalized spacial score (nSPS) is 11.2. The minimum absolute atomic E-state index is 0.178. The Morgan fingerprint density at radius 3 is 2.60 bits per heavy atom. The molecule has 0 saturated heterocycles. The molecule has 1 aromatic rings. The Balaban J connectivity index is 2.61. The first kappa shape index (κ1) is 11.6. The Morgan fingerprint density at radius 2 is 2.20 bits per heavy atom. The highest BCUT2D eigenvalue weighted by molar-refractivity contribution is 5.92. The molecule has 5 heteroatoms.